The molecule has 1 aromatic carbocycles. The van der Waals surface area contributed by atoms with Gasteiger partial charge < -0.3 is 5.11 Å². The van der Waals surface area contributed by atoms with Gasteiger partial charge in [0.05, 0.1) is 0 Å². The van der Waals surface area contributed by atoms with Gasteiger partial charge in [0.1, 0.15) is 8.78 Å². The highest BCUT2D eigenvalue weighted by atomic mass is 32.2. The molecule has 1 aromatic rings. The molecule has 17 heavy (non-hydrogen) atoms. The predicted molar refractivity (Wildman–Crippen MR) is 78.8 cm³/mol. The standard InChI is InChI=1S/C12H14O2S3/c1-2-6-10(11(13)14)17-12(15)16-9-7-4-3-5-8-9/h3-5,7-8,10H,2,6H2,1H3,(H,13,14). The van der Waals surface area contributed by atoms with Crippen LogP contribution in [0.2, 0.25) is 0 Å². The number of hydrogen-bond donors (Lipinski definition) is 1. The van der Waals surface area contributed by atoms with Gasteiger partial charge in [0, 0.05) is 4.90 Å². The molecule has 0 aliphatic carbocycles. The van der Waals surface area contributed by atoms with Crippen molar-refractivity contribution >= 4 is 45.2 Å². The van der Waals surface area contributed by atoms with E-state index in [0.717, 1.165) is 11.3 Å². The Morgan fingerprint density at radius 1 is 1.41 bits per heavy atom. The number of aliphatic carboxylic acids is 1. The number of carbonyl (C=O) groups is 1. The molecule has 5 heteroatoms. The molecule has 0 heterocycles. The van der Waals surface area contributed by atoms with Crippen molar-refractivity contribution in [2.24, 2.45) is 0 Å². The first-order chi connectivity index (χ1) is 8.13. The van der Waals surface area contributed by atoms with Crippen LogP contribution in [0.25, 0.3) is 0 Å². The van der Waals surface area contributed by atoms with Crippen LogP contribution >= 0.6 is 35.7 Å². The van der Waals surface area contributed by atoms with Crippen molar-refractivity contribution in [2.45, 2.75) is 29.9 Å². The number of carboxylic acids is 1. The van der Waals surface area contributed by atoms with E-state index in [0.29, 0.717) is 9.95 Å². The topological polar surface area (TPSA) is 37.3 Å². The minimum absolute atomic E-state index is 0.427. The Kier molecular flexibility index (Phi) is 6.62. The van der Waals surface area contributed by atoms with E-state index in [2.05, 4.69) is 0 Å². The molecule has 1 unspecified atom stereocenters. The molecule has 0 amide bonds. The van der Waals surface area contributed by atoms with E-state index in [9.17, 15) is 4.79 Å². The van der Waals surface area contributed by atoms with Crippen molar-refractivity contribution < 1.29 is 9.90 Å². The predicted octanol–water partition coefficient (Wildman–Crippen LogP) is 4.05. The summed E-state index contributed by atoms with van der Waals surface area (Å²) in [6.45, 7) is 1.98. The molecule has 0 aliphatic heterocycles. The summed E-state index contributed by atoms with van der Waals surface area (Å²) in [4.78, 5) is 12.0. The van der Waals surface area contributed by atoms with Crippen molar-refractivity contribution in [3.8, 4) is 0 Å². The second kappa shape index (κ2) is 7.74. The monoisotopic (exact) mass is 286 g/mol. The number of thioether (sulfide) groups is 2. The van der Waals surface area contributed by atoms with E-state index in [1.54, 1.807) is 0 Å². The summed E-state index contributed by atoms with van der Waals surface area (Å²) >= 11 is 7.92. The quantitative estimate of drug-likeness (QED) is 0.653. The van der Waals surface area contributed by atoms with Gasteiger partial charge >= 0.3 is 5.97 Å². The molecule has 0 saturated carbocycles. The van der Waals surface area contributed by atoms with E-state index < -0.39 is 11.2 Å². The average Bonchev–Trinajstić information content (AvgIpc) is 2.29. The molecule has 0 radical (unpaired) electrons. The van der Waals surface area contributed by atoms with Gasteiger partial charge in [-0.1, -0.05) is 67.3 Å². The lowest BCUT2D eigenvalue weighted by atomic mass is 10.2. The van der Waals surface area contributed by atoms with Gasteiger partial charge in [0.25, 0.3) is 0 Å². The second-order valence-corrected chi connectivity index (χ2v) is 6.88. The Hall–Kier alpha value is -0.520. The van der Waals surface area contributed by atoms with Crippen LogP contribution in [0.5, 0.6) is 0 Å². The maximum atomic E-state index is 11.0. The maximum absolute atomic E-state index is 11.0. The van der Waals surface area contributed by atoms with Crippen LogP contribution in [-0.2, 0) is 4.79 Å². The first kappa shape index (κ1) is 14.5. The van der Waals surface area contributed by atoms with Crippen molar-refractivity contribution in [2.75, 3.05) is 0 Å². The van der Waals surface area contributed by atoms with Crippen molar-refractivity contribution in [3.63, 3.8) is 0 Å². The Bertz CT molecular complexity index is 379. The third-order valence-corrected chi connectivity index (χ3v) is 4.68. The van der Waals surface area contributed by atoms with Crippen LogP contribution in [0.1, 0.15) is 19.8 Å². The molecule has 1 atom stereocenters. The Morgan fingerprint density at radius 3 is 2.59 bits per heavy atom. The van der Waals surface area contributed by atoms with Gasteiger partial charge in [-0.05, 0) is 18.6 Å². The Balaban J connectivity index is 2.51. The van der Waals surface area contributed by atoms with E-state index >= 15 is 0 Å². The van der Waals surface area contributed by atoms with Crippen LogP contribution in [-0.4, -0.2) is 19.9 Å². The molecule has 0 fully saturated rings. The molecule has 92 valence electrons. The molecule has 1 rings (SSSR count). The van der Waals surface area contributed by atoms with Crippen molar-refractivity contribution in [1.82, 2.24) is 0 Å². The van der Waals surface area contributed by atoms with E-state index in [4.69, 9.17) is 17.3 Å². The van der Waals surface area contributed by atoms with Crippen molar-refractivity contribution in [3.05, 3.63) is 30.3 Å². The van der Waals surface area contributed by atoms with Crippen molar-refractivity contribution in [1.29, 1.82) is 0 Å². The number of carboxylic acid groups (broad SMARTS) is 1. The van der Waals surface area contributed by atoms with E-state index in [-0.39, 0.29) is 0 Å². The summed E-state index contributed by atoms with van der Waals surface area (Å²) in [6, 6.07) is 9.75. The lowest BCUT2D eigenvalue weighted by Gasteiger charge is -2.10. The first-order valence-corrected chi connectivity index (χ1v) is 7.40. The Labute approximate surface area is 115 Å². The fraction of sp³-hybridized carbons (Fsp3) is 0.333. The zero-order valence-electron chi connectivity index (χ0n) is 9.46. The summed E-state index contributed by atoms with van der Waals surface area (Å²) in [6.07, 6.45) is 1.50. The highest BCUT2D eigenvalue weighted by Gasteiger charge is 2.19. The molecule has 0 aromatic heterocycles. The van der Waals surface area contributed by atoms with E-state index in [1.165, 1.54) is 23.5 Å². The third-order valence-electron chi connectivity index (χ3n) is 2.01. The molecule has 0 bridgehead atoms. The smallest absolute Gasteiger partial charge is 0.317 e. The molecule has 2 nitrogen and oxygen atoms in total. The number of hydrogen-bond acceptors (Lipinski definition) is 4. The molecule has 0 aliphatic rings. The van der Waals surface area contributed by atoms with Crippen LogP contribution in [0, 0.1) is 0 Å². The molecular weight excluding hydrogens is 272 g/mol. The largest absolute Gasteiger partial charge is 0.480 e. The summed E-state index contributed by atoms with van der Waals surface area (Å²) in [5.41, 5.74) is 0. The molecule has 1 N–H and O–H groups in total. The summed E-state index contributed by atoms with van der Waals surface area (Å²) in [7, 11) is 0. The van der Waals surface area contributed by atoms with Crippen LogP contribution < -0.4 is 0 Å². The minimum atomic E-state index is -0.784. The van der Waals surface area contributed by atoms with E-state index in [1.807, 2.05) is 37.3 Å². The van der Waals surface area contributed by atoms with Gasteiger partial charge in [-0.2, -0.15) is 0 Å². The normalized spacial score (nSPS) is 12.1. The van der Waals surface area contributed by atoms with Gasteiger partial charge in [0.2, 0.25) is 0 Å². The SMILES string of the molecule is CCCC(SC(=S)Sc1ccccc1)C(=O)O. The summed E-state index contributed by atoms with van der Waals surface area (Å²) < 4.78 is 0.664. The lowest BCUT2D eigenvalue weighted by Crippen LogP contribution is -2.17. The van der Waals surface area contributed by atoms with Crippen LogP contribution in [0.4, 0.5) is 0 Å². The number of benzene rings is 1. The maximum Gasteiger partial charge on any atom is 0.317 e. The third kappa shape index (κ3) is 5.57. The highest BCUT2D eigenvalue weighted by Crippen LogP contribution is 2.30. The zero-order valence-corrected chi connectivity index (χ0v) is 11.9. The zero-order chi connectivity index (χ0) is 12.7. The van der Waals surface area contributed by atoms with Gasteiger partial charge in [-0.15, -0.1) is 0 Å². The van der Waals surface area contributed by atoms with Gasteiger partial charge in [-0.25, -0.2) is 0 Å². The lowest BCUT2D eigenvalue weighted by molar-refractivity contribution is -0.136. The minimum Gasteiger partial charge on any atom is -0.480 e. The van der Waals surface area contributed by atoms with Gasteiger partial charge in [-0.3, -0.25) is 4.79 Å². The first-order valence-electron chi connectivity index (χ1n) is 5.29. The summed E-state index contributed by atoms with van der Waals surface area (Å²) in [5.74, 6) is -0.784. The average molecular weight is 286 g/mol. The second-order valence-electron chi connectivity index (χ2n) is 3.40. The van der Waals surface area contributed by atoms with Gasteiger partial charge in [0.15, 0.2) is 0 Å². The fourth-order valence-corrected chi connectivity index (χ4v) is 3.86. The molecule has 0 saturated heterocycles. The number of rotatable bonds is 5. The van der Waals surface area contributed by atoms with Crippen LogP contribution in [0.3, 0.4) is 0 Å². The molecular formula is C12H14O2S3. The Morgan fingerprint density at radius 2 is 2.06 bits per heavy atom. The highest BCUT2D eigenvalue weighted by molar-refractivity contribution is 8.47. The fourth-order valence-electron chi connectivity index (χ4n) is 1.22. The summed E-state index contributed by atoms with van der Waals surface area (Å²) in [5, 5.41) is 8.60. The molecule has 0 spiro atoms. The number of thiocarbonyl (C=S) groups is 1. The van der Waals surface area contributed by atoms with Crippen LogP contribution in [0.15, 0.2) is 35.2 Å².